The zero-order valence-electron chi connectivity index (χ0n) is 17.4. The molecule has 0 aliphatic carbocycles. The predicted octanol–water partition coefficient (Wildman–Crippen LogP) is 4.18. The number of aryl methyl sites for hydroxylation is 1. The third-order valence-electron chi connectivity index (χ3n) is 5.73. The van der Waals surface area contributed by atoms with Crippen molar-refractivity contribution in [2.45, 2.75) is 39.2 Å². The van der Waals surface area contributed by atoms with Crippen molar-refractivity contribution in [1.82, 2.24) is 19.9 Å². The van der Waals surface area contributed by atoms with Crippen molar-refractivity contribution in [2.75, 3.05) is 13.1 Å². The highest BCUT2D eigenvalue weighted by Crippen LogP contribution is 2.21. The topological polar surface area (TPSA) is 71.2 Å². The molecule has 1 aliphatic rings. The number of unbranched alkanes of at least 4 members (excludes halogenated alkanes) is 2. The first kappa shape index (κ1) is 20.3. The van der Waals surface area contributed by atoms with Crippen molar-refractivity contribution in [2.24, 2.45) is 5.92 Å². The van der Waals surface area contributed by atoms with Gasteiger partial charge in [-0.3, -0.25) is 9.69 Å². The number of benzene rings is 2. The lowest BCUT2D eigenvalue weighted by atomic mass is 9.99. The van der Waals surface area contributed by atoms with Crippen LogP contribution in [0.1, 0.15) is 37.3 Å². The lowest BCUT2D eigenvalue weighted by Crippen LogP contribution is -2.49. The van der Waals surface area contributed by atoms with Crippen molar-refractivity contribution in [3.8, 4) is 16.9 Å². The number of carbonyl (C=O) groups is 1. The molecule has 6 heteroatoms. The lowest BCUT2D eigenvalue weighted by Gasteiger charge is -2.36. The van der Waals surface area contributed by atoms with Crippen LogP contribution >= 0.6 is 0 Å². The maximum Gasteiger partial charge on any atom is 0.309 e. The monoisotopic (exact) mass is 404 g/mol. The number of aliphatic carboxylic acids is 1. The maximum atomic E-state index is 10.9. The molecule has 1 aromatic heterocycles. The molecule has 3 aromatic rings. The molecule has 1 saturated heterocycles. The Morgan fingerprint density at radius 3 is 2.40 bits per heavy atom. The molecule has 2 heterocycles. The van der Waals surface area contributed by atoms with Crippen LogP contribution in [0.5, 0.6) is 0 Å². The van der Waals surface area contributed by atoms with Crippen LogP contribution in [-0.4, -0.2) is 44.1 Å². The Hall–Kier alpha value is -2.99. The molecule has 0 spiro atoms. The van der Waals surface area contributed by atoms with Crippen LogP contribution in [0.4, 0.5) is 0 Å². The van der Waals surface area contributed by atoms with Crippen LogP contribution in [0.3, 0.4) is 0 Å². The minimum Gasteiger partial charge on any atom is -0.481 e. The number of nitrogens with zero attached hydrogens (tertiary/aromatic N) is 4. The van der Waals surface area contributed by atoms with E-state index in [2.05, 4.69) is 58.5 Å². The van der Waals surface area contributed by atoms with Gasteiger partial charge in [-0.25, -0.2) is 4.68 Å². The standard InChI is InChI=1S/C24H28N4O2/c1-2-3-4-5-18-6-10-20(11-7-18)23-17-28(26-25-23)22-12-8-19(9-13-22)14-27-15-21(16-27)24(29)30/h6-13,17,21H,2-5,14-16H2,1H3,(H,29,30). The van der Waals surface area contributed by atoms with E-state index in [9.17, 15) is 4.79 Å². The van der Waals surface area contributed by atoms with Crippen LogP contribution in [0.15, 0.2) is 54.7 Å². The largest absolute Gasteiger partial charge is 0.481 e. The summed E-state index contributed by atoms with van der Waals surface area (Å²) in [5, 5.41) is 17.6. The third-order valence-corrected chi connectivity index (χ3v) is 5.73. The number of carboxylic acids is 1. The minimum absolute atomic E-state index is 0.219. The summed E-state index contributed by atoms with van der Waals surface area (Å²) >= 11 is 0. The Bertz CT molecular complexity index is 973. The van der Waals surface area contributed by atoms with E-state index in [-0.39, 0.29) is 5.92 Å². The lowest BCUT2D eigenvalue weighted by molar-refractivity contribution is -0.147. The first-order valence-corrected chi connectivity index (χ1v) is 10.7. The molecular formula is C24H28N4O2. The fraction of sp³-hybridized carbons (Fsp3) is 0.375. The molecule has 2 aromatic carbocycles. The number of aromatic nitrogens is 3. The summed E-state index contributed by atoms with van der Waals surface area (Å²) in [6.07, 6.45) is 6.83. The summed E-state index contributed by atoms with van der Waals surface area (Å²) in [6, 6.07) is 16.8. The Morgan fingerprint density at radius 2 is 1.73 bits per heavy atom. The van der Waals surface area contributed by atoms with E-state index < -0.39 is 5.97 Å². The van der Waals surface area contributed by atoms with Gasteiger partial charge in [-0.15, -0.1) is 5.10 Å². The summed E-state index contributed by atoms with van der Waals surface area (Å²) < 4.78 is 1.79. The molecule has 0 atom stereocenters. The molecule has 0 radical (unpaired) electrons. The van der Waals surface area contributed by atoms with Gasteiger partial charge in [0.15, 0.2) is 0 Å². The molecule has 0 saturated carbocycles. The normalized spacial score (nSPS) is 14.6. The second kappa shape index (κ2) is 9.22. The number of likely N-dealkylation sites (tertiary alicyclic amines) is 1. The first-order chi connectivity index (χ1) is 14.6. The van der Waals surface area contributed by atoms with Crippen LogP contribution < -0.4 is 0 Å². The molecular weight excluding hydrogens is 376 g/mol. The van der Waals surface area contributed by atoms with E-state index in [0.717, 1.165) is 29.9 Å². The average Bonchev–Trinajstić information content (AvgIpc) is 3.21. The SMILES string of the molecule is CCCCCc1ccc(-c2cn(-c3ccc(CN4CC(C(=O)O)C4)cc3)nn2)cc1. The van der Waals surface area contributed by atoms with E-state index in [1.165, 1.54) is 30.4 Å². The van der Waals surface area contributed by atoms with Crippen molar-refractivity contribution < 1.29 is 9.90 Å². The molecule has 0 amide bonds. The Labute approximate surface area is 177 Å². The van der Waals surface area contributed by atoms with Gasteiger partial charge in [-0.1, -0.05) is 61.4 Å². The summed E-state index contributed by atoms with van der Waals surface area (Å²) in [6.45, 7) is 4.25. The maximum absolute atomic E-state index is 10.9. The fourth-order valence-electron chi connectivity index (χ4n) is 3.81. The van der Waals surface area contributed by atoms with Gasteiger partial charge in [0.25, 0.3) is 0 Å². The number of rotatable bonds is 9. The van der Waals surface area contributed by atoms with Gasteiger partial charge in [-0.05, 0) is 36.1 Å². The minimum atomic E-state index is -0.699. The molecule has 156 valence electrons. The summed E-state index contributed by atoms with van der Waals surface area (Å²) in [5.41, 5.74) is 5.43. The smallest absolute Gasteiger partial charge is 0.309 e. The summed E-state index contributed by atoms with van der Waals surface area (Å²) in [4.78, 5) is 13.1. The number of hydrogen-bond donors (Lipinski definition) is 1. The number of hydrogen-bond acceptors (Lipinski definition) is 4. The van der Waals surface area contributed by atoms with Gasteiger partial charge in [0.2, 0.25) is 0 Å². The molecule has 1 N–H and O–H groups in total. The molecule has 1 fully saturated rings. The van der Waals surface area contributed by atoms with Gasteiger partial charge in [0.1, 0.15) is 5.69 Å². The molecule has 30 heavy (non-hydrogen) atoms. The van der Waals surface area contributed by atoms with E-state index in [1.807, 2.05) is 18.3 Å². The van der Waals surface area contributed by atoms with Gasteiger partial charge in [-0.2, -0.15) is 0 Å². The van der Waals surface area contributed by atoms with Gasteiger partial charge in [0.05, 0.1) is 17.8 Å². The summed E-state index contributed by atoms with van der Waals surface area (Å²) in [5.74, 6) is -0.919. The zero-order valence-corrected chi connectivity index (χ0v) is 17.4. The fourth-order valence-corrected chi connectivity index (χ4v) is 3.81. The first-order valence-electron chi connectivity index (χ1n) is 10.7. The molecule has 6 nitrogen and oxygen atoms in total. The van der Waals surface area contributed by atoms with E-state index in [0.29, 0.717) is 13.1 Å². The van der Waals surface area contributed by atoms with Gasteiger partial charge in [0, 0.05) is 25.2 Å². The van der Waals surface area contributed by atoms with Crippen LogP contribution in [-0.2, 0) is 17.8 Å². The predicted molar refractivity (Wildman–Crippen MR) is 116 cm³/mol. The molecule has 4 rings (SSSR count). The quantitative estimate of drug-likeness (QED) is 0.542. The van der Waals surface area contributed by atoms with Gasteiger partial charge >= 0.3 is 5.97 Å². The second-order valence-corrected chi connectivity index (χ2v) is 8.10. The van der Waals surface area contributed by atoms with Crippen molar-refractivity contribution in [3.63, 3.8) is 0 Å². The van der Waals surface area contributed by atoms with Gasteiger partial charge < -0.3 is 5.11 Å². The Morgan fingerprint density at radius 1 is 1.03 bits per heavy atom. The summed E-state index contributed by atoms with van der Waals surface area (Å²) in [7, 11) is 0. The average molecular weight is 405 g/mol. The highest BCUT2D eigenvalue weighted by atomic mass is 16.4. The Kier molecular flexibility index (Phi) is 6.23. The zero-order chi connectivity index (χ0) is 20.9. The van der Waals surface area contributed by atoms with E-state index in [4.69, 9.17) is 5.11 Å². The molecule has 1 aliphatic heterocycles. The highest BCUT2D eigenvalue weighted by molar-refractivity contribution is 5.71. The van der Waals surface area contributed by atoms with Crippen molar-refractivity contribution in [1.29, 1.82) is 0 Å². The third kappa shape index (κ3) is 4.76. The van der Waals surface area contributed by atoms with Crippen LogP contribution in [0, 0.1) is 5.92 Å². The number of carboxylic acid groups (broad SMARTS) is 1. The second-order valence-electron chi connectivity index (χ2n) is 8.10. The van der Waals surface area contributed by atoms with E-state index >= 15 is 0 Å². The Balaban J connectivity index is 1.36. The van der Waals surface area contributed by atoms with Crippen molar-refractivity contribution in [3.05, 3.63) is 65.9 Å². The van der Waals surface area contributed by atoms with Crippen molar-refractivity contribution >= 4 is 5.97 Å². The molecule has 0 bridgehead atoms. The van der Waals surface area contributed by atoms with E-state index in [1.54, 1.807) is 4.68 Å². The van der Waals surface area contributed by atoms with Crippen LogP contribution in [0.2, 0.25) is 0 Å². The van der Waals surface area contributed by atoms with Crippen LogP contribution in [0.25, 0.3) is 16.9 Å². The highest BCUT2D eigenvalue weighted by Gasteiger charge is 2.32. The molecule has 0 unspecified atom stereocenters.